The number of piperidine rings is 1. The van der Waals surface area contributed by atoms with Crippen molar-refractivity contribution in [3.05, 3.63) is 0 Å². The van der Waals surface area contributed by atoms with Crippen LogP contribution in [0.4, 0.5) is 0 Å². The van der Waals surface area contributed by atoms with Crippen LogP contribution in [0.3, 0.4) is 0 Å². The van der Waals surface area contributed by atoms with Gasteiger partial charge in [-0.3, -0.25) is 0 Å². The molecule has 0 spiro atoms. The highest BCUT2D eigenvalue weighted by atomic mass is 79.9. The fourth-order valence-corrected chi connectivity index (χ4v) is 2.87. The summed E-state index contributed by atoms with van der Waals surface area (Å²) in [5, 5.41) is 3.93. The Morgan fingerprint density at radius 3 is 2.92 bits per heavy atom. The van der Waals surface area contributed by atoms with E-state index in [2.05, 4.69) is 26.0 Å². The lowest BCUT2D eigenvalue weighted by atomic mass is 9.94. The molecule has 0 N–H and O–H groups in total. The summed E-state index contributed by atoms with van der Waals surface area (Å²) in [6, 6.07) is 0. The third-order valence-corrected chi connectivity index (χ3v) is 3.55. The topological polar surface area (TPSA) is 24.8 Å². The molecule has 0 aromatic rings. The lowest BCUT2D eigenvalue weighted by Gasteiger charge is -2.19. The third kappa shape index (κ3) is 1.38. The molecule has 0 aromatic carbocycles. The Kier molecular flexibility index (Phi) is 2.37. The number of hydrogen-bond acceptors (Lipinski definition) is 3. The molecule has 68 valence electrons. The second-order valence-corrected chi connectivity index (χ2v) is 4.32. The molecule has 0 aliphatic carbocycles. The third-order valence-electron chi connectivity index (χ3n) is 2.82. The first-order valence-corrected chi connectivity index (χ1v) is 5.09. The van der Waals surface area contributed by atoms with E-state index < -0.39 is 0 Å². The summed E-state index contributed by atoms with van der Waals surface area (Å²) in [6.45, 7) is 3.67. The van der Waals surface area contributed by atoms with E-state index in [1.807, 2.05) is 0 Å². The fraction of sp³-hybridized carbons (Fsp3) is 0.875. The number of rotatable bonds is 2. The smallest absolute Gasteiger partial charge is 0.127 e. The van der Waals surface area contributed by atoms with Gasteiger partial charge in [-0.2, -0.15) is 0 Å². The number of halogens is 1. The van der Waals surface area contributed by atoms with Crippen molar-refractivity contribution in [1.82, 2.24) is 4.90 Å². The van der Waals surface area contributed by atoms with Gasteiger partial charge >= 0.3 is 0 Å². The summed E-state index contributed by atoms with van der Waals surface area (Å²) in [5.74, 6) is 1.39. The molecule has 1 unspecified atom stereocenters. The summed E-state index contributed by atoms with van der Waals surface area (Å²) in [7, 11) is 1.59. The van der Waals surface area contributed by atoms with Crippen LogP contribution in [0.1, 0.15) is 6.42 Å². The predicted molar refractivity (Wildman–Crippen MR) is 51.4 cm³/mol. The van der Waals surface area contributed by atoms with Gasteiger partial charge in [0.25, 0.3) is 0 Å². The van der Waals surface area contributed by atoms with Gasteiger partial charge in [-0.05, 0) is 34.8 Å². The summed E-state index contributed by atoms with van der Waals surface area (Å²) >= 11 is 3.46. The van der Waals surface area contributed by atoms with Crippen LogP contribution in [-0.4, -0.2) is 36.3 Å². The summed E-state index contributed by atoms with van der Waals surface area (Å²) in [6.07, 6.45) is 1.32. The first-order chi connectivity index (χ1) is 5.81. The monoisotopic (exact) mass is 232 g/mol. The predicted octanol–water partition coefficient (Wildman–Crippen LogP) is 1.29. The van der Waals surface area contributed by atoms with Gasteiger partial charge in [0, 0.05) is 19.0 Å². The molecule has 12 heavy (non-hydrogen) atoms. The van der Waals surface area contributed by atoms with Gasteiger partial charge in [-0.1, -0.05) is 5.16 Å². The molecule has 4 heteroatoms. The standard InChI is InChI=1S/C8H13BrN2O/c1-12-10-8(9)7-5-11-3-2-6(7)4-11/h6-7H,2-5H2,1H3/b10-8-/t6-,7+/m0/s1. The van der Waals surface area contributed by atoms with E-state index in [1.165, 1.54) is 19.5 Å². The maximum absolute atomic E-state index is 4.75. The molecule has 0 aromatic heterocycles. The van der Waals surface area contributed by atoms with Gasteiger partial charge in [-0.25, -0.2) is 0 Å². The van der Waals surface area contributed by atoms with Crippen LogP contribution in [0.5, 0.6) is 0 Å². The van der Waals surface area contributed by atoms with Crippen molar-refractivity contribution in [1.29, 1.82) is 0 Å². The molecule has 2 aliphatic heterocycles. The maximum atomic E-state index is 4.75. The van der Waals surface area contributed by atoms with Crippen molar-refractivity contribution in [2.24, 2.45) is 17.0 Å². The van der Waals surface area contributed by atoms with Crippen molar-refractivity contribution in [2.75, 3.05) is 26.7 Å². The van der Waals surface area contributed by atoms with E-state index in [4.69, 9.17) is 4.84 Å². The van der Waals surface area contributed by atoms with Crippen molar-refractivity contribution in [3.63, 3.8) is 0 Å². The molecular weight excluding hydrogens is 220 g/mol. The number of nitrogens with zero attached hydrogens (tertiary/aromatic N) is 2. The van der Waals surface area contributed by atoms with E-state index in [0.29, 0.717) is 5.92 Å². The van der Waals surface area contributed by atoms with Crippen molar-refractivity contribution >= 4 is 20.6 Å². The first kappa shape index (κ1) is 8.51. The lowest BCUT2D eigenvalue weighted by Crippen LogP contribution is -2.27. The second kappa shape index (κ2) is 3.34. The van der Waals surface area contributed by atoms with Crippen LogP contribution >= 0.6 is 15.9 Å². The highest BCUT2D eigenvalue weighted by Gasteiger charge is 2.40. The normalized spacial score (nSPS) is 40.5. The van der Waals surface area contributed by atoms with E-state index in [-0.39, 0.29) is 0 Å². The number of oxime groups is 1. The minimum Gasteiger partial charge on any atom is -0.398 e. The number of hydrogen-bond donors (Lipinski definition) is 0. The molecule has 2 bridgehead atoms. The molecular formula is C8H13BrN2O. The molecule has 0 radical (unpaired) electrons. The fourth-order valence-electron chi connectivity index (χ4n) is 2.21. The van der Waals surface area contributed by atoms with Gasteiger partial charge in [0.05, 0.1) is 0 Å². The quantitative estimate of drug-likeness (QED) is 0.530. The van der Waals surface area contributed by atoms with E-state index >= 15 is 0 Å². The summed E-state index contributed by atoms with van der Waals surface area (Å²) in [5.41, 5.74) is 0. The van der Waals surface area contributed by atoms with Crippen molar-refractivity contribution in [3.8, 4) is 0 Å². The second-order valence-electron chi connectivity index (χ2n) is 3.51. The highest BCUT2D eigenvalue weighted by molar-refractivity contribution is 9.18. The molecule has 2 aliphatic rings. The zero-order chi connectivity index (χ0) is 8.55. The molecule has 2 saturated heterocycles. The van der Waals surface area contributed by atoms with Crippen LogP contribution in [-0.2, 0) is 4.84 Å². The van der Waals surface area contributed by atoms with Crippen molar-refractivity contribution in [2.45, 2.75) is 6.42 Å². The molecule has 2 fully saturated rings. The van der Waals surface area contributed by atoms with Crippen molar-refractivity contribution < 1.29 is 4.84 Å². The van der Waals surface area contributed by atoms with Gasteiger partial charge in [-0.15, -0.1) is 0 Å². The molecule has 2 rings (SSSR count). The van der Waals surface area contributed by atoms with Crippen LogP contribution in [0.2, 0.25) is 0 Å². The van der Waals surface area contributed by atoms with Crippen LogP contribution in [0.25, 0.3) is 0 Å². The van der Waals surface area contributed by atoms with Crippen LogP contribution in [0, 0.1) is 11.8 Å². The Hall–Kier alpha value is -0.0900. The first-order valence-electron chi connectivity index (χ1n) is 4.30. The van der Waals surface area contributed by atoms with Gasteiger partial charge in [0.1, 0.15) is 11.7 Å². The average molecular weight is 233 g/mol. The van der Waals surface area contributed by atoms with Crippen LogP contribution < -0.4 is 0 Å². The average Bonchev–Trinajstić information content (AvgIpc) is 2.64. The van der Waals surface area contributed by atoms with Gasteiger partial charge < -0.3 is 9.74 Å². The molecule has 3 nitrogen and oxygen atoms in total. The minimum absolute atomic E-state index is 0.582. The zero-order valence-electron chi connectivity index (χ0n) is 7.16. The molecule has 3 atom stereocenters. The van der Waals surface area contributed by atoms with E-state index in [1.54, 1.807) is 7.11 Å². The summed E-state index contributed by atoms with van der Waals surface area (Å²) < 4.78 is 0.984. The molecule has 0 amide bonds. The SMILES string of the molecule is CO/N=C(\Br)[C@@H]1CN2CC[C@H]1C2. The molecule has 0 saturated carbocycles. The van der Waals surface area contributed by atoms with Crippen LogP contribution in [0.15, 0.2) is 5.16 Å². The minimum atomic E-state index is 0.582. The Labute approximate surface area is 80.9 Å². The molecule has 2 heterocycles. The van der Waals surface area contributed by atoms with E-state index in [9.17, 15) is 0 Å². The number of fused-ring (bicyclic) bond motifs is 2. The maximum Gasteiger partial charge on any atom is 0.127 e. The Morgan fingerprint density at radius 1 is 1.58 bits per heavy atom. The zero-order valence-corrected chi connectivity index (χ0v) is 8.75. The highest BCUT2D eigenvalue weighted by Crippen LogP contribution is 2.34. The Morgan fingerprint density at radius 2 is 2.42 bits per heavy atom. The summed E-state index contributed by atoms with van der Waals surface area (Å²) in [4.78, 5) is 7.23. The Balaban J connectivity index is 2.02. The van der Waals surface area contributed by atoms with Gasteiger partial charge in [0.15, 0.2) is 0 Å². The largest absolute Gasteiger partial charge is 0.398 e. The Bertz CT molecular complexity index is 207. The lowest BCUT2D eigenvalue weighted by molar-refractivity contribution is 0.211. The van der Waals surface area contributed by atoms with Gasteiger partial charge in [0.2, 0.25) is 0 Å². The van der Waals surface area contributed by atoms with E-state index in [0.717, 1.165) is 17.1 Å².